The van der Waals surface area contributed by atoms with Crippen LogP contribution in [-0.4, -0.2) is 43.2 Å². The van der Waals surface area contributed by atoms with Crippen LogP contribution in [0.25, 0.3) is 0 Å². The number of fused-ring (bicyclic) bond motifs is 1. The number of benzene rings is 1. The van der Waals surface area contributed by atoms with Crippen molar-refractivity contribution in [2.75, 3.05) is 18.1 Å². The number of esters is 1. The highest BCUT2D eigenvalue weighted by molar-refractivity contribution is 6.10. The largest absolute Gasteiger partial charge is 0.466 e. The van der Waals surface area contributed by atoms with Crippen LogP contribution in [0, 0.1) is 17.6 Å². The molecule has 11 heteroatoms. The lowest BCUT2D eigenvalue weighted by Gasteiger charge is -2.27. The SMILES string of the molecule is CCOC(=O)CC(C(C)NC(=O)CN1C(=O)C(C)(C)c2c(F)c(C3CC3)cc(F)c21)C(F)(F)F. The summed E-state index contributed by atoms with van der Waals surface area (Å²) in [5.74, 6) is -6.73. The van der Waals surface area contributed by atoms with Gasteiger partial charge in [-0.1, -0.05) is 0 Å². The maximum absolute atomic E-state index is 15.2. The van der Waals surface area contributed by atoms with Crippen molar-refractivity contribution in [2.45, 2.75) is 70.5 Å². The van der Waals surface area contributed by atoms with Gasteiger partial charge in [-0.25, -0.2) is 8.78 Å². The molecular weight excluding hydrogens is 463 g/mol. The molecule has 0 aromatic heterocycles. The molecule has 1 heterocycles. The van der Waals surface area contributed by atoms with Gasteiger partial charge in [0.2, 0.25) is 11.8 Å². The normalized spacial score (nSPS) is 19.0. The maximum Gasteiger partial charge on any atom is 0.394 e. The summed E-state index contributed by atoms with van der Waals surface area (Å²) < 4.78 is 75.3. The van der Waals surface area contributed by atoms with Gasteiger partial charge in [0.1, 0.15) is 18.2 Å². The van der Waals surface area contributed by atoms with Crippen LogP contribution in [0.5, 0.6) is 0 Å². The molecule has 0 bridgehead atoms. The Labute approximate surface area is 193 Å². The second kappa shape index (κ2) is 9.14. The van der Waals surface area contributed by atoms with E-state index in [1.165, 1.54) is 20.8 Å². The molecule has 1 aliphatic heterocycles. The zero-order valence-corrected chi connectivity index (χ0v) is 19.3. The highest BCUT2D eigenvalue weighted by Crippen LogP contribution is 2.50. The van der Waals surface area contributed by atoms with E-state index in [2.05, 4.69) is 10.1 Å². The van der Waals surface area contributed by atoms with Crippen LogP contribution in [0.3, 0.4) is 0 Å². The molecule has 1 aromatic rings. The first-order valence-corrected chi connectivity index (χ1v) is 11.1. The van der Waals surface area contributed by atoms with Crippen LogP contribution in [0.1, 0.15) is 64.0 Å². The van der Waals surface area contributed by atoms with E-state index in [0.717, 1.165) is 17.9 Å². The Morgan fingerprint density at radius 2 is 1.88 bits per heavy atom. The summed E-state index contributed by atoms with van der Waals surface area (Å²) in [5.41, 5.74) is -1.81. The predicted molar refractivity (Wildman–Crippen MR) is 112 cm³/mol. The fourth-order valence-electron chi connectivity index (χ4n) is 4.38. The molecule has 2 unspecified atom stereocenters. The summed E-state index contributed by atoms with van der Waals surface area (Å²) in [4.78, 5) is 38.0. The average Bonchev–Trinajstić information content (AvgIpc) is 3.52. The van der Waals surface area contributed by atoms with Gasteiger partial charge in [-0.15, -0.1) is 0 Å². The van der Waals surface area contributed by atoms with E-state index < -0.39 is 65.9 Å². The number of hydrogen-bond acceptors (Lipinski definition) is 4. The number of amides is 2. The first kappa shape index (κ1) is 25.9. The number of rotatable bonds is 8. The third kappa shape index (κ3) is 4.88. The van der Waals surface area contributed by atoms with Crippen LogP contribution in [0.4, 0.5) is 27.6 Å². The summed E-state index contributed by atoms with van der Waals surface area (Å²) in [6.07, 6.45) is -4.40. The van der Waals surface area contributed by atoms with E-state index in [9.17, 15) is 27.6 Å². The Morgan fingerprint density at radius 3 is 2.41 bits per heavy atom. The second-order valence-corrected chi connectivity index (χ2v) is 9.29. The van der Waals surface area contributed by atoms with Crippen LogP contribution in [0.15, 0.2) is 6.07 Å². The van der Waals surface area contributed by atoms with Crippen molar-refractivity contribution < 1.29 is 41.1 Å². The molecule has 3 rings (SSSR count). The van der Waals surface area contributed by atoms with E-state index in [1.54, 1.807) is 0 Å². The van der Waals surface area contributed by atoms with Gasteiger partial charge >= 0.3 is 12.1 Å². The van der Waals surface area contributed by atoms with Gasteiger partial charge in [0.05, 0.1) is 30.0 Å². The minimum atomic E-state index is -4.81. The predicted octanol–water partition coefficient (Wildman–Crippen LogP) is 4.10. The molecule has 1 fully saturated rings. The van der Waals surface area contributed by atoms with Crippen molar-refractivity contribution in [3.8, 4) is 0 Å². The van der Waals surface area contributed by atoms with E-state index in [0.29, 0.717) is 12.8 Å². The second-order valence-electron chi connectivity index (χ2n) is 9.29. The highest BCUT2D eigenvalue weighted by atomic mass is 19.4. The number of nitrogens with one attached hydrogen (secondary N) is 1. The van der Waals surface area contributed by atoms with Gasteiger partial charge in [0.15, 0.2) is 0 Å². The topological polar surface area (TPSA) is 75.7 Å². The van der Waals surface area contributed by atoms with Gasteiger partial charge in [-0.3, -0.25) is 19.3 Å². The van der Waals surface area contributed by atoms with Crippen molar-refractivity contribution in [1.29, 1.82) is 0 Å². The monoisotopic (exact) mass is 490 g/mol. The number of hydrogen-bond donors (Lipinski definition) is 1. The zero-order valence-electron chi connectivity index (χ0n) is 19.3. The van der Waals surface area contributed by atoms with E-state index in [4.69, 9.17) is 0 Å². The van der Waals surface area contributed by atoms with Gasteiger partial charge in [-0.05, 0) is 58.1 Å². The lowest BCUT2D eigenvalue weighted by Crippen LogP contribution is -2.49. The molecule has 0 saturated heterocycles. The average molecular weight is 490 g/mol. The van der Waals surface area contributed by atoms with Crippen LogP contribution in [-0.2, 0) is 24.5 Å². The Hall–Kier alpha value is -2.72. The molecule has 1 N–H and O–H groups in total. The summed E-state index contributed by atoms with van der Waals surface area (Å²) in [6.45, 7) is 4.44. The lowest BCUT2D eigenvalue weighted by atomic mass is 9.84. The van der Waals surface area contributed by atoms with Crippen molar-refractivity contribution in [1.82, 2.24) is 5.32 Å². The fourth-order valence-corrected chi connectivity index (χ4v) is 4.38. The van der Waals surface area contributed by atoms with Crippen molar-refractivity contribution in [2.24, 2.45) is 5.92 Å². The first-order valence-electron chi connectivity index (χ1n) is 11.1. The van der Waals surface area contributed by atoms with E-state index >= 15 is 8.78 Å². The van der Waals surface area contributed by atoms with Crippen molar-refractivity contribution >= 4 is 23.5 Å². The van der Waals surface area contributed by atoms with Gasteiger partial charge in [0.25, 0.3) is 0 Å². The van der Waals surface area contributed by atoms with Crippen LogP contribution in [0.2, 0.25) is 0 Å². The Kier molecular flexibility index (Phi) is 6.96. The molecule has 0 spiro atoms. The molecule has 1 aliphatic carbocycles. The smallest absolute Gasteiger partial charge is 0.394 e. The first-order chi connectivity index (χ1) is 15.7. The Morgan fingerprint density at radius 1 is 1.26 bits per heavy atom. The van der Waals surface area contributed by atoms with Crippen molar-refractivity contribution in [3.63, 3.8) is 0 Å². The third-order valence-electron chi connectivity index (χ3n) is 6.32. The highest BCUT2D eigenvalue weighted by Gasteiger charge is 2.50. The van der Waals surface area contributed by atoms with Gasteiger partial charge < -0.3 is 10.1 Å². The van der Waals surface area contributed by atoms with Crippen LogP contribution >= 0.6 is 0 Å². The van der Waals surface area contributed by atoms with E-state index in [-0.39, 0.29) is 29.3 Å². The lowest BCUT2D eigenvalue weighted by molar-refractivity contribution is -0.190. The minimum absolute atomic E-state index is 0.0962. The number of anilines is 1. The Balaban J connectivity index is 1.82. The molecule has 0 radical (unpaired) electrons. The summed E-state index contributed by atoms with van der Waals surface area (Å²) in [5, 5.41) is 2.14. The number of alkyl halides is 3. The number of nitrogens with zero attached hydrogens (tertiary/aromatic N) is 1. The molecule has 188 valence electrons. The molecule has 2 amide bonds. The standard InChI is InChI=1S/C23H27F5N2O4/c1-5-34-17(32)9-14(23(26,27)28)11(2)29-16(31)10-30-20-15(24)8-13(12-6-7-12)19(25)18(20)22(3,4)21(30)33/h8,11-12,14H,5-7,9-10H2,1-4H3,(H,29,31). The molecule has 6 nitrogen and oxygen atoms in total. The number of ether oxygens (including phenoxy) is 1. The van der Waals surface area contributed by atoms with Crippen LogP contribution < -0.4 is 10.2 Å². The molecular formula is C23H27F5N2O4. The number of halogens is 5. The molecule has 1 saturated carbocycles. The number of carbonyl (C=O) groups is 3. The summed E-state index contributed by atoms with van der Waals surface area (Å²) in [6, 6.07) is -0.520. The molecule has 1 aromatic carbocycles. The minimum Gasteiger partial charge on any atom is -0.466 e. The molecule has 2 aliphatic rings. The summed E-state index contributed by atoms with van der Waals surface area (Å²) >= 11 is 0. The number of carbonyl (C=O) groups excluding carboxylic acids is 3. The fraction of sp³-hybridized carbons (Fsp3) is 0.609. The van der Waals surface area contributed by atoms with Gasteiger partial charge in [0, 0.05) is 11.6 Å². The quantitative estimate of drug-likeness (QED) is 0.440. The summed E-state index contributed by atoms with van der Waals surface area (Å²) in [7, 11) is 0. The van der Waals surface area contributed by atoms with Gasteiger partial charge in [-0.2, -0.15) is 13.2 Å². The molecule has 2 atom stereocenters. The third-order valence-corrected chi connectivity index (χ3v) is 6.32. The Bertz CT molecular complexity index is 1000. The van der Waals surface area contributed by atoms with Crippen molar-refractivity contribution in [3.05, 3.63) is 28.8 Å². The van der Waals surface area contributed by atoms with E-state index in [1.807, 2.05) is 0 Å². The molecule has 34 heavy (non-hydrogen) atoms. The maximum atomic E-state index is 15.2. The zero-order chi connectivity index (χ0) is 25.6.